The number of aliphatic hydroxyl groups is 1. The van der Waals surface area contributed by atoms with Crippen molar-refractivity contribution in [2.24, 2.45) is 12.0 Å². The molecule has 22 heavy (non-hydrogen) atoms. The molecule has 2 heterocycles. The zero-order chi connectivity index (χ0) is 15.2. The lowest BCUT2D eigenvalue weighted by Crippen LogP contribution is -2.39. The van der Waals surface area contributed by atoms with E-state index < -0.39 is 6.10 Å². The maximum absolute atomic E-state index is 10.1. The Morgan fingerprint density at radius 2 is 2.23 bits per heavy atom. The van der Waals surface area contributed by atoms with Crippen LogP contribution in [0.3, 0.4) is 0 Å². The Bertz CT molecular complexity index is 615. The number of hydrogen-bond donors (Lipinski definition) is 3. The fourth-order valence-corrected chi connectivity index (χ4v) is 2.82. The molecule has 0 fully saturated rings. The predicted octanol–water partition coefficient (Wildman–Crippen LogP) is 2.15. The lowest BCUT2D eigenvalue weighted by Gasteiger charge is -2.14. The van der Waals surface area contributed by atoms with Gasteiger partial charge >= 0.3 is 0 Å². The number of nitrogens with one attached hydrogen (secondary N) is 2. The first kappa shape index (κ1) is 19.2. The van der Waals surface area contributed by atoms with Crippen LogP contribution in [0.1, 0.15) is 16.7 Å². The van der Waals surface area contributed by atoms with Gasteiger partial charge in [0.1, 0.15) is 6.10 Å². The average Bonchev–Trinajstić information content (AvgIpc) is 3.08. The first-order valence-electron chi connectivity index (χ1n) is 6.45. The number of aryl methyl sites for hydroxylation is 1. The lowest BCUT2D eigenvalue weighted by molar-refractivity contribution is 0.184. The molecule has 3 N–H and O–H groups in total. The summed E-state index contributed by atoms with van der Waals surface area (Å²) in [6.45, 7) is 0.971. The number of hydrogen-bond acceptors (Lipinski definition) is 4. The third kappa shape index (κ3) is 5.41. The van der Waals surface area contributed by atoms with Crippen LogP contribution in [0.4, 0.5) is 0 Å². The lowest BCUT2D eigenvalue weighted by atomic mass is 10.3. The minimum Gasteiger partial charge on any atom is -0.386 e. The van der Waals surface area contributed by atoms with Gasteiger partial charge in [-0.05, 0) is 18.2 Å². The molecule has 2 aromatic rings. The normalized spacial score (nSPS) is 12.6. The standard InChI is InChI=1S/C13H18ClN5OS.HI/c1-15-13(16-7-9-5-6-18-19(9)2)17-8-10(20)11-3-4-12(14)21-11;/h3-6,10,20H,7-8H2,1-2H3,(H2,15,16,17);1H. The number of halogens is 2. The second kappa shape index (κ2) is 9.33. The van der Waals surface area contributed by atoms with Crippen molar-refractivity contribution in [2.75, 3.05) is 13.6 Å². The van der Waals surface area contributed by atoms with Crippen LogP contribution >= 0.6 is 46.9 Å². The van der Waals surface area contributed by atoms with Gasteiger partial charge in [-0.1, -0.05) is 11.6 Å². The zero-order valence-corrected chi connectivity index (χ0v) is 16.2. The van der Waals surface area contributed by atoms with Crippen LogP contribution in [0.15, 0.2) is 29.4 Å². The van der Waals surface area contributed by atoms with Gasteiger partial charge in [0.25, 0.3) is 0 Å². The third-order valence-corrected chi connectivity index (χ3v) is 4.30. The molecule has 0 bridgehead atoms. The predicted molar refractivity (Wildman–Crippen MR) is 101 cm³/mol. The maximum atomic E-state index is 10.1. The Balaban J connectivity index is 0.00000242. The molecule has 0 saturated carbocycles. The molecule has 0 spiro atoms. The fourth-order valence-electron chi connectivity index (χ4n) is 1.77. The molecule has 1 unspecified atom stereocenters. The number of guanidine groups is 1. The average molecular weight is 456 g/mol. The van der Waals surface area contributed by atoms with Crippen molar-refractivity contribution >= 4 is 52.9 Å². The van der Waals surface area contributed by atoms with Crippen LogP contribution in [-0.2, 0) is 13.6 Å². The van der Waals surface area contributed by atoms with Gasteiger partial charge in [-0.2, -0.15) is 5.10 Å². The van der Waals surface area contributed by atoms with Gasteiger partial charge in [-0.3, -0.25) is 9.67 Å². The van der Waals surface area contributed by atoms with E-state index in [1.54, 1.807) is 24.0 Å². The molecule has 0 aliphatic rings. The summed E-state index contributed by atoms with van der Waals surface area (Å²) in [5.74, 6) is 0.623. The van der Waals surface area contributed by atoms with E-state index in [1.807, 2.05) is 19.2 Å². The Labute approximate surface area is 155 Å². The number of aliphatic imine (C=N–C) groups is 1. The number of aromatic nitrogens is 2. The van der Waals surface area contributed by atoms with E-state index in [2.05, 4.69) is 20.7 Å². The van der Waals surface area contributed by atoms with Gasteiger partial charge in [-0.15, -0.1) is 35.3 Å². The molecule has 0 radical (unpaired) electrons. The summed E-state index contributed by atoms with van der Waals surface area (Å²) in [6, 6.07) is 5.54. The van der Waals surface area contributed by atoms with Crippen molar-refractivity contribution in [1.29, 1.82) is 0 Å². The Morgan fingerprint density at radius 1 is 1.45 bits per heavy atom. The molecule has 0 aliphatic heterocycles. The zero-order valence-electron chi connectivity index (χ0n) is 12.3. The first-order valence-corrected chi connectivity index (χ1v) is 7.64. The van der Waals surface area contributed by atoms with Gasteiger partial charge in [0, 0.05) is 31.7 Å². The summed E-state index contributed by atoms with van der Waals surface area (Å²) in [6.07, 6.45) is 1.13. The number of thiophene rings is 1. The number of aliphatic hydroxyl groups excluding tert-OH is 1. The number of rotatable bonds is 5. The van der Waals surface area contributed by atoms with E-state index in [4.69, 9.17) is 11.6 Å². The SMILES string of the molecule is CN=C(NCc1ccnn1C)NCC(O)c1ccc(Cl)s1.I. The molecule has 9 heteroatoms. The minimum atomic E-state index is -0.613. The smallest absolute Gasteiger partial charge is 0.191 e. The van der Waals surface area contributed by atoms with Crippen molar-refractivity contribution in [3.05, 3.63) is 39.3 Å². The summed E-state index contributed by atoms with van der Waals surface area (Å²) in [4.78, 5) is 4.95. The van der Waals surface area contributed by atoms with Gasteiger partial charge < -0.3 is 15.7 Å². The molecule has 0 amide bonds. The summed E-state index contributed by atoms with van der Waals surface area (Å²) in [7, 11) is 3.57. The summed E-state index contributed by atoms with van der Waals surface area (Å²) >= 11 is 7.23. The fraction of sp³-hybridized carbons (Fsp3) is 0.385. The van der Waals surface area contributed by atoms with Crippen LogP contribution in [0, 0.1) is 0 Å². The quantitative estimate of drug-likeness (QED) is 0.367. The molecule has 0 aliphatic carbocycles. The summed E-state index contributed by atoms with van der Waals surface area (Å²) in [5.41, 5.74) is 1.04. The second-order valence-electron chi connectivity index (χ2n) is 4.41. The van der Waals surface area contributed by atoms with Gasteiger partial charge in [-0.25, -0.2) is 0 Å². The molecular weight excluding hydrogens is 437 g/mol. The molecule has 0 aromatic carbocycles. The van der Waals surface area contributed by atoms with Crippen LogP contribution in [0.2, 0.25) is 4.34 Å². The van der Waals surface area contributed by atoms with E-state index in [0.717, 1.165) is 10.6 Å². The largest absolute Gasteiger partial charge is 0.386 e. The van der Waals surface area contributed by atoms with Crippen LogP contribution in [0.5, 0.6) is 0 Å². The molecule has 2 aromatic heterocycles. The molecule has 0 saturated heterocycles. The highest BCUT2D eigenvalue weighted by atomic mass is 127. The van der Waals surface area contributed by atoms with E-state index >= 15 is 0 Å². The third-order valence-electron chi connectivity index (χ3n) is 2.97. The highest BCUT2D eigenvalue weighted by molar-refractivity contribution is 14.0. The van der Waals surface area contributed by atoms with Gasteiger partial charge in [0.05, 0.1) is 16.6 Å². The molecular formula is C13H19ClIN5OS. The van der Waals surface area contributed by atoms with E-state index in [9.17, 15) is 5.11 Å². The van der Waals surface area contributed by atoms with E-state index in [1.165, 1.54) is 11.3 Å². The van der Waals surface area contributed by atoms with E-state index in [0.29, 0.717) is 23.4 Å². The highest BCUT2D eigenvalue weighted by Crippen LogP contribution is 2.26. The van der Waals surface area contributed by atoms with Gasteiger partial charge in [0.2, 0.25) is 0 Å². The Morgan fingerprint density at radius 3 is 2.77 bits per heavy atom. The minimum absolute atomic E-state index is 0. The van der Waals surface area contributed by atoms with Crippen molar-refractivity contribution in [1.82, 2.24) is 20.4 Å². The van der Waals surface area contributed by atoms with Crippen molar-refractivity contribution in [2.45, 2.75) is 12.6 Å². The summed E-state index contributed by atoms with van der Waals surface area (Å²) < 4.78 is 2.46. The number of nitrogens with zero attached hydrogens (tertiary/aromatic N) is 3. The molecule has 2 rings (SSSR count). The second-order valence-corrected chi connectivity index (χ2v) is 6.16. The molecule has 1 atom stereocenters. The Hall–Kier alpha value is -0.840. The van der Waals surface area contributed by atoms with Crippen LogP contribution < -0.4 is 10.6 Å². The highest BCUT2D eigenvalue weighted by Gasteiger charge is 2.11. The molecule has 122 valence electrons. The van der Waals surface area contributed by atoms with Crippen LogP contribution in [-0.4, -0.2) is 34.4 Å². The van der Waals surface area contributed by atoms with Gasteiger partial charge in [0.15, 0.2) is 5.96 Å². The molecule has 6 nitrogen and oxygen atoms in total. The van der Waals surface area contributed by atoms with E-state index in [-0.39, 0.29) is 24.0 Å². The van der Waals surface area contributed by atoms with Crippen molar-refractivity contribution in [3.8, 4) is 0 Å². The maximum Gasteiger partial charge on any atom is 0.191 e. The first-order chi connectivity index (χ1) is 10.1. The Kier molecular flexibility index (Phi) is 8.15. The van der Waals surface area contributed by atoms with Crippen molar-refractivity contribution < 1.29 is 5.11 Å². The van der Waals surface area contributed by atoms with Crippen LogP contribution in [0.25, 0.3) is 0 Å². The summed E-state index contributed by atoms with van der Waals surface area (Å²) in [5, 5.41) is 20.4. The van der Waals surface area contributed by atoms with Crippen molar-refractivity contribution in [3.63, 3.8) is 0 Å². The topological polar surface area (TPSA) is 74.5 Å². The monoisotopic (exact) mass is 455 g/mol.